The number of aliphatic imine (C=N–C) groups is 1. The Hall–Kier alpha value is -5.78. The quantitative estimate of drug-likeness (QED) is 0.207. The molecule has 2 aromatic heterocycles. The Labute approximate surface area is 267 Å². The lowest BCUT2D eigenvalue weighted by Crippen LogP contribution is -2.46. The summed E-state index contributed by atoms with van der Waals surface area (Å²) < 4.78 is 2.29. The Kier molecular flexibility index (Phi) is 6.18. The highest BCUT2D eigenvalue weighted by atomic mass is 15.4. The van der Waals surface area contributed by atoms with Crippen molar-refractivity contribution in [3.05, 3.63) is 168 Å². The smallest absolute Gasteiger partial charge is 0.146 e. The average molecular weight is 594 g/mol. The Morgan fingerprint density at radius 3 is 2.02 bits per heavy atom. The monoisotopic (exact) mass is 593 g/mol. The van der Waals surface area contributed by atoms with Crippen LogP contribution in [0.5, 0.6) is 0 Å². The summed E-state index contributed by atoms with van der Waals surface area (Å²) in [4.78, 5) is 12.5. The summed E-state index contributed by atoms with van der Waals surface area (Å²) in [6.07, 6.45) is -0.197. The number of fused-ring (bicyclic) bond motifs is 8. The zero-order valence-corrected chi connectivity index (χ0v) is 25.4. The fourth-order valence-corrected chi connectivity index (χ4v) is 6.97. The van der Waals surface area contributed by atoms with E-state index in [-0.39, 0.29) is 12.3 Å². The lowest BCUT2D eigenvalue weighted by molar-refractivity contribution is 0.257. The highest BCUT2D eigenvalue weighted by molar-refractivity contribution is 6.14. The van der Waals surface area contributed by atoms with Gasteiger partial charge in [-0.3, -0.25) is 9.72 Å². The van der Waals surface area contributed by atoms with Gasteiger partial charge in [-0.05, 0) is 58.0 Å². The fraction of sp³-hybridized carbons (Fsp3) is 0.0732. The maximum Gasteiger partial charge on any atom is 0.146 e. The molecule has 0 spiro atoms. The second-order valence-electron chi connectivity index (χ2n) is 12.0. The summed E-state index contributed by atoms with van der Waals surface area (Å²) in [7, 11) is 2.11. The summed E-state index contributed by atoms with van der Waals surface area (Å²) in [6, 6.07) is 53.7. The first-order valence-corrected chi connectivity index (χ1v) is 15.7. The second-order valence-corrected chi connectivity index (χ2v) is 12.0. The molecule has 0 saturated heterocycles. The third-order valence-electron chi connectivity index (χ3n) is 9.25. The van der Waals surface area contributed by atoms with Crippen LogP contribution < -0.4 is 5.32 Å². The molecule has 0 amide bonds. The molecule has 5 heteroatoms. The standard InChI is InChI=1S/C41H31N5/c1-45-39(29-12-4-2-5-13-29)43-38(44-40(45)30-14-6-3-7-15-30)28-22-20-27(21-23-28)31-24-25-33-34(26-31)32-16-8-10-18-36(32)46-37-19-11-9-17-35(37)42-41(33)46/h2-26,38-39,43H,1H3. The first-order chi connectivity index (χ1) is 22.7. The maximum absolute atomic E-state index is 5.23. The predicted octanol–water partition coefficient (Wildman–Crippen LogP) is 9.14. The molecule has 46 heavy (non-hydrogen) atoms. The van der Waals surface area contributed by atoms with Crippen molar-refractivity contribution in [3.63, 3.8) is 0 Å². The number of hydrogen-bond acceptors (Lipinski definition) is 4. The molecule has 1 aliphatic heterocycles. The van der Waals surface area contributed by atoms with Crippen molar-refractivity contribution in [1.82, 2.24) is 19.6 Å². The number of rotatable bonds is 4. The van der Waals surface area contributed by atoms with E-state index in [9.17, 15) is 0 Å². The number of para-hydroxylation sites is 3. The van der Waals surface area contributed by atoms with Crippen LogP contribution in [-0.2, 0) is 0 Å². The van der Waals surface area contributed by atoms with Crippen molar-refractivity contribution >= 4 is 44.2 Å². The molecule has 1 aliphatic rings. The molecule has 0 fully saturated rings. The van der Waals surface area contributed by atoms with Gasteiger partial charge in [-0.2, -0.15) is 0 Å². The number of pyridine rings is 1. The molecule has 0 saturated carbocycles. The first-order valence-electron chi connectivity index (χ1n) is 15.7. The number of imidazole rings is 1. The maximum atomic E-state index is 5.23. The number of nitrogens with one attached hydrogen (secondary N) is 1. The van der Waals surface area contributed by atoms with Gasteiger partial charge in [-0.25, -0.2) is 9.98 Å². The summed E-state index contributed by atoms with van der Waals surface area (Å²) >= 11 is 0. The molecule has 6 aromatic carbocycles. The third kappa shape index (κ3) is 4.28. The molecular weight excluding hydrogens is 562 g/mol. The molecular formula is C41H31N5. The largest absolute Gasteiger partial charge is 0.340 e. The Morgan fingerprint density at radius 2 is 1.22 bits per heavy atom. The van der Waals surface area contributed by atoms with Crippen LogP contribution in [0.3, 0.4) is 0 Å². The van der Waals surface area contributed by atoms with Crippen molar-refractivity contribution in [2.75, 3.05) is 7.05 Å². The van der Waals surface area contributed by atoms with E-state index in [0.717, 1.165) is 39.0 Å². The molecule has 0 bridgehead atoms. The lowest BCUT2D eigenvalue weighted by atomic mass is 9.98. The zero-order chi connectivity index (χ0) is 30.6. The molecule has 2 atom stereocenters. The van der Waals surface area contributed by atoms with E-state index in [0.29, 0.717) is 0 Å². The van der Waals surface area contributed by atoms with Crippen molar-refractivity contribution in [1.29, 1.82) is 0 Å². The molecule has 9 rings (SSSR count). The van der Waals surface area contributed by atoms with Crippen LogP contribution in [0.15, 0.2) is 157 Å². The van der Waals surface area contributed by atoms with Gasteiger partial charge in [0.25, 0.3) is 0 Å². The van der Waals surface area contributed by atoms with E-state index in [2.05, 4.69) is 167 Å². The van der Waals surface area contributed by atoms with Gasteiger partial charge in [0.1, 0.15) is 23.8 Å². The molecule has 0 radical (unpaired) electrons. The second kappa shape index (κ2) is 10.7. The van der Waals surface area contributed by atoms with Crippen LogP contribution in [0, 0.1) is 0 Å². The number of hydrogen-bond donors (Lipinski definition) is 1. The normalized spacial score (nSPS) is 16.8. The predicted molar refractivity (Wildman–Crippen MR) is 189 cm³/mol. The van der Waals surface area contributed by atoms with E-state index in [4.69, 9.17) is 9.98 Å². The minimum atomic E-state index is -0.186. The van der Waals surface area contributed by atoms with E-state index in [1.54, 1.807) is 0 Å². The lowest BCUT2D eigenvalue weighted by Gasteiger charge is -2.39. The summed E-state index contributed by atoms with van der Waals surface area (Å²) in [6.45, 7) is 0. The van der Waals surface area contributed by atoms with Gasteiger partial charge in [-0.1, -0.05) is 121 Å². The SMILES string of the molecule is CN1C(c2ccccc2)=NC(c2ccc(-c3ccc4c(c3)c3ccccc3n3c5ccccc5nc43)cc2)NC1c1ccccc1. The Morgan fingerprint density at radius 1 is 0.543 bits per heavy atom. The van der Waals surface area contributed by atoms with E-state index in [1.165, 1.54) is 33.0 Å². The van der Waals surface area contributed by atoms with Crippen LogP contribution >= 0.6 is 0 Å². The molecule has 5 nitrogen and oxygen atoms in total. The van der Waals surface area contributed by atoms with Gasteiger partial charge in [-0.15, -0.1) is 0 Å². The van der Waals surface area contributed by atoms with Crippen molar-refractivity contribution in [2.24, 2.45) is 4.99 Å². The first kappa shape index (κ1) is 26.6. The van der Waals surface area contributed by atoms with Gasteiger partial charge in [0.15, 0.2) is 0 Å². The third-order valence-corrected chi connectivity index (χ3v) is 9.25. The fourth-order valence-electron chi connectivity index (χ4n) is 6.97. The van der Waals surface area contributed by atoms with Gasteiger partial charge >= 0.3 is 0 Å². The van der Waals surface area contributed by atoms with E-state index >= 15 is 0 Å². The molecule has 2 unspecified atom stereocenters. The zero-order valence-electron chi connectivity index (χ0n) is 25.4. The van der Waals surface area contributed by atoms with Crippen LogP contribution in [0.25, 0.3) is 49.5 Å². The van der Waals surface area contributed by atoms with Crippen LogP contribution in [0.4, 0.5) is 0 Å². The highest BCUT2D eigenvalue weighted by Gasteiger charge is 2.30. The van der Waals surface area contributed by atoms with Gasteiger partial charge < -0.3 is 4.90 Å². The minimum Gasteiger partial charge on any atom is -0.340 e. The molecule has 0 aliphatic carbocycles. The highest BCUT2D eigenvalue weighted by Crippen LogP contribution is 2.36. The molecule has 220 valence electrons. The number of amidine groups is 1. The number of benzene rings is 6. The summed E-state index contributed by atoms with van der Waals surface area (Å²) in [5.74, 6) is 0.974. The van der Waals surface area contributed by atoms with Crippen LogP contribution in [0.2, 0.25) is 0 Å². The van der Waals surface area contributed by atoms with Crippen molar-refractivity contribution in [2.45, 2.75) is 12.3 Å². The summed E-state index contributed by atoms with van der Waals surface area (Å²) in [5.41, 5.74) is 10.1. The van der Waals surface area contributed by atoms with Gasteiger partial charge in [0.05, 0.1) is 16.6 Å². The van der Waals surface area contributed by atoms with Crippen molar-refractivity contribution in [3.8, 4) is 11.1 Å². The molecule has 8 aromatic rings. The Balaban J connectivity index is 1.13. The summed E-state index contributed by atoms with van der Waals surface area (Å²) in [5, 5.41) is 7.38. The topological polar surface area (TPSA) is 44.9 Å². The average Bonchev–Trinajstić information content (AvgIpc) is 3.53. The van der Waals surface area contributed by atoms with Crippen LogP contribution in [0.1, 0.15) is 29.0 Å². The van der Waals surface area contributed by atoms with E-state index in [1.807, 2.05) is 6.07 Å². The van der Waals surface area contributed by atoms with Crippen molar-refractivity contribution < 1.29 is 0 Å². The minimum absolute atomic E-state index is 0.0106. The Bertz CT molecular complexity index is 2410. The van der Waals surface area contributed by atoms with Gasteiger partial charge in [0, 0.05) is 23.4 Å². The molecule has 3 heterocycles. The van der Waals surface area contributed by atoms with E-state index < -0.39 is 0 Å². The van der Waals surface area contributed by atoms with Crippen LogP contribution in [-0.4, -0.2) is 27.2 Å². The van der Waals surface area contributed by atoms with Gasteiger partial charge in [0.2, 0.25) is 0 Å². The number of aromatic nitrogens is 2. The molecule has 1 N–H and O–H groups in total. The number of nitrogens with zero attached hydrogens (tertiary/aromatic N) is 4.